The normalized spacial score (nSPS) is 19.7. The Hall–Kier alpha value is -0.170. The molecule has 15 heavy (non-hydrogen) atoms. The van der Waals surface area contributed by atoms with Gasteiger partial charge in [0, 0.05) is 19.1 Å². The van der Waals surface area contributed by atoms with Crippen molar-refractivity contribution in [3.63, 3.8) is 0 Å². The molecule has 1 fully saturated rings. The first-order chi connectivity index (χ1) is 7.10. The van der Waals surface area contributed by atoms with Gasteiger partial charge in [-0.1, -0.05) is 13.8 Å². The second-order valence-corrected chi connectivity index (χ2v) is 5.43. The number of piperidine rings is 1. The summed E-state index contributed by atoms with van der Waals surface area (Å²) in [4.78, 5) is 0. The van der Waals surface area contributed by atoms with Gasteiger partial charge in [0.05, 0.1) is 0 Å². The molecule has 0 amide bonds. The van der Waals surface area contributed by atoms with Gasteiger partial charge in [-0.25, -0.2) is 0 Å². The highest BCUT2D eigenvalue weighted by molar-refractivity contribution is 7.87. The second kappa shape index (κ2) is 5.79. The molecule has 0 radical (unpaired) electrons. The molecular formula is C9H21N3O2S. The predicted molar refractivity (Wildman–Crippen MR) is 60.9 cm³/mol. The minimum Gasteiger partial charge on any atom is -0.317 e. The Labute approximate surface area is 92.4 Å². The van der Waals surface area contributed by atoms with Crippen LogP contribution in [0.3, 0.4) is 0 Å². The summed E-state index contributed by atoms with van der Waals surface area (Å²) in [5.74, 6) is 0. The zero-order valence-electron chi connectivity index (χ0n) is 9.49. The standard InChI is InChI=1S/C9H21N3O2S/c1-3-12(4-2)15(13,14)11-9-5-7-10-8-6-9/h9-11H,3-8H2,1-2H3. The summed E-state index contributed by atoms with van der Waals surface area (Å²) < 4.78 is 27.9. The Morgan fingerprint density at radius 1 is 1.27 bits per heavy atom. The van der Waals surface area contributed by atoms with Crippen LogP contribution in [0.5, 0.6) is 0 Å². The minimum atomic E-state index is -3.27. The van der Waals surface area contributed by atoms with Gasteiger partial charge < -0.3 is 5.32 Å². The molecular weight excluding hydrogens is 214 g/mol. The lowest BCUT2D eigenvalue weighted by Gasteiger charge is -2.27. The third-order valence-corrected chi connectivity index (χ3v) is 4.53. The molecule has 1 aliphatic heterocycles. The Kier molecular flexibility index (Phi) is 4.98. The summed E-state index contributed by atoms with van der Waals surface area (Å²) in [5.41, 5.74) is 0. The molecule has 1 heterocycles. The molecule has 1 aliphatic rings. The number of nitrogens with one attached hydrogen (secondary N) is 2. The van der Waals surface area contributed by atoms with Crippen LogP contribution in [0, 0.1) is 0 Å². The molecule has 0 atom stereocenters. The summed E-state index contributed by atoms with van der Waals surface area (Å²) >= 11 is 0. The van der Waals surface area contributed by atoms with Crippen molar-refractivity contribution in [1.82, 2.24) is 14.3 Å². The van der Waals surface area contributed by atoms with Crippen molar-refractivity contribution in [3.8, 4) is 0 Å². The highest BCUT2D eigenvalue weighted by atomic mass is 32.2. The minimum absolute atomic E-state index is 0.0943. The van der Waals surface area contributed by atoms with Gasteiger partial charge in [-0.15, -0.1) is 0 Å². The Bertz CT molecular complexity index is 269. The van der Waals surface area contributed by atoms with Crippen LogP contribution in [-0.4, -0.2) is 44.9 Å². The average molecular weight is 235 g/mol. The number of hydrogen-bond donors (Lipinski definition) is 2. The van der Waals surface area contributed by atoms with Crippen molar-refractivity contribution >= 4 is 10.2 Å². The maximum absolute atomic E-state index is 11.9. The summed E-state index contributed by atoms with van der Waals surface area (Å²) in [6, 6.07) is 0.0943. The summed E-state index contributed by atoms with van der Waals surface area (Å²) in [6.07, 6.45) is 1.75. The zero-order valence-corrected chi connectivity index (χ0v) is 10.3. The fourth-order valence-electron chi connectivity index (χ4n) is 1.79. The van der Waals surface area contributed by atoms with E-state index in [2.05, 4.69) is 10.0 Å². The largest absolute Gasteiger partial charge is 0.317 e. The molecule has 0 unspecified atom stereocenters. The second-order valence-electron chi connectivity index (χ2n) is 3.73. The van der Waals surface area contributed by atoms with Crippen molar-refractivity contribution in [2.45, 2.75) is 32.7 Å². The molecule has 0 aromatic carbocycles. The van der Waals surface area contributed by atoms with Gasteiger partial charge in [0.25, 0.3) is 10.2 Å². The Morgan fingerprint density at radius 3 is 2.27 bits per heavy atom. The maximum Gasteiger partial charge on any atom is 0.279 e. The molecule has 2 N–H and O–H groups in total. The quantitative estimate of drug-likeness (QED) is 0.700. The van der Waals surface area contributed by atoms with Crippen LogP contribution >= 0.6 is 0 Å². The van der Waals surface area contributed by atoms with E-state index in [1.165, 1.54) is 4.31 Å². The number of hydrogen-bond acceptors (Lipinski definition) is 3. The zero-order chi connectivity index (χ0) is 11.3. The SMILES string of the molecule is CCN(CC)S(=O)(=O)NC1CCNCC1. The molecule has 6 heteroatoms. The third-order valence-electron chi connectivity index (χ3n) is 2.70. The van der Waals surface area contributed by atoms with E-state index in [1.54, 1.807) is 0 Å². The van der Waals surface area contributed by atoms with E-state index >= 15 is 0 Å². The molecule has 0 bridgehead atoms. The first kappa shape index (κ1) is 12.9. The molecule has 0 aromatic rings. The third kappa shape index (κ3) is 3.71. The van der Waals surface area contributed by atoms with E-state index in [0.29, 0.717) is 13.1 Å². The van der Waals surface area contributed by atoms with E-state index < -0.39 is 10.2 Å². The van der Waals surface area contributed by atoms with Crippen LogP contribution in [0.15, 0.2) is 0 Å². The first-order valence-electron chi connectivity index (χ1n) is 5.58. The molecule has 1 saturated heterocycles. The van der Waals surface area contributed by atoms with Gasteiger partial charge in [0.1, 0.15) is 0 Å². The lowest BCUT2D eigenvalue weighted by atomic mass is 10.1. The summed E-state index contributed by atoms with van der Waals surface area (Å²) in [6.45, 7) is 6.54. The van der Waals surface area contributed by atoms with Crippen molar-refractivity contribution in [2.24, 2.45) is 0 Å². The topological polar surface area (TPSA) is 61.4 Å². The van der Waals surface area contributed by atoms with Gasteiger partial charge in [0.2, 0.25) is 0 Å². The molecule has 90 valence electrons. The van der Waals surface area contributed by atoms with Crippen molar-refractivity contribution < 1.29 is 8.42 Å². The van der Waals surface area contributed by atoms with Crippen LogP contribution in [0.2, 0.25) is 0 Å². The van der Waals surface area contributed by atoms with Crippen LogP contribution < -0.4 is 10.0 Å². The highest BCUT2D eigenvalue weighted by Gasteiger charge is 2.23. The molecule has 0 spiro atoms. The molecule has 0 saturated carbocycles. The predicted octanol–water partition coefficient (Wildman–Crippen LogP) is -0.0854. The van der Waals surface area contributed by atoms with Gasteiger partial charge in [0.15, 0.2) is 0 Å². The fourth-order valence-corrected chi connectivity index (χ4v) is 3.27. The monoisotopic (exact) mass is 235 g/mol. The summed E-state index contributed by atoms with van der Waals surface area (Å²) in [5, 5.41) is 3.21. The van der Waals surface area contributed by atoms with E-state index in [1.807, 2.05) is 13.8 Å². The van der Waals surface area contributed by atoms with E-state index in [9.17, 15) is 8.42 Å². The van der Waals surface area contributed by atoms with Gasteiger partial charge >= 0.3 is 0 Å². The van der Waals surface area contributed by atoms with Crippen LogP contribution in [-0.2, 0) is 10.2 Å². The van der Waals surface area contributed by atoms with Crippen LogP contribution in [0.25, 0.3) is 0 Å². The lowest BCUT2D eigenvalue weighted by Crippen LogP contribution is -2.48. The van der Waals surface area contributed by atoms with E-state index in [4.69, 9.17) is 0 Å². The van der Waals surface area contributed by atoms with Crippen LogP contribution in [0.4, 0.5) is 0 Å². The van der Waals surface area contributed by atoms with Gasteiger partial charge in [-0.05, 0) is 25.9 Å². The maximum atomic E-state index is 11.9. The summed E-state index contributed by atoms with van der Waals surface area (Å²) in [7, 11) is -3.27. The highest BCUT2D eigenvalue weighted by Crippen LogP contribution is 2.06. The van der Waals surface area contributed by atoms with Crippen LogP contribution in [0.1, 0.15) is 26.7 Å². The molecule has 0 aliphatic carbocycles. The lowest BCUT2D eigenvalue weighted by molar-refractivity contribution is 0.392. The molecule has 0 aromatic heterocycles. The van der Waals surface area contributed by atoms with E-state index in [0.717, 1.165) is 25.9 Å². The Balaban J connectivity index is 2.54. The first-order valence-corrected chi connectivity index (χ1v) is 7.02. The molecule has 1 rings (SSSR count). The van der Waals surface area contributed by atoms with E-state index in [-0.39, 0.29) is 6.04 Å². The van der Waals surface area contributed by atoms with Crippen molar-refractivity contribution in [3.05, 3.63) is 0 Å². The van der Waals surface area contributed by atoms with Gasteiger partial charge in [-0.3, -0.25) is 0 Å². The molecule has 5 nitrogen and oxygen atoms in total. The smallest absolute Gasteiger partial charge is 0.279 e. The Morgan fingerprint density at radius 2 is 1.80 bits per heavy atom. The van der Waals surface area contributed by atoms with Gasteiger partial charge in [-0.2, -0.15) is 17.4 Å². The number of rotatable bonds is 5. The van der Waals surface area contributed by atoms with Crippen molar-refractivity contribution in [2.75, 3.05) is 26.2 Å². The van der Waals surface area contributed by atoms with Crippen molar-refractivity contribution in [1.29, 1.82) is 0 Å². The fraction of sp³-hybridized carbons (Fsp3) is 1.00. The number of nitrogens with zero attached hydrogens (tertiary/aromatic N) is 1. The average Bonchev–Trinajstić information content (AvgIpc) is 2.19.